The molecule has 1 saturated heterocycles. The van der Waals surface area contributed by atoms with Crippen LogP contribution < -0.4 is 5.32 Å². The van der Waals surface area contributed by atoms with Crippen LogP contribution in [0.1, 0.15) is 44.1 Å². The molecule has 1 N–H and O–H groups in total. The SMILES string of the molecule is O=C(NCCSC1CCCCC1)C1CC(=O)N(Cc2ccncc2)C1. The Morgan fingerprint density at radius 1 is 1.24 bits per heavy atom. The van der Waals surface area contributed by atoms with E-state index in [9.17, 15) is 9.59 Å². The van der Waals surface area contributed by atoms with Gasteiger partial charge in [0.1, 0.15) is 0 Å². The highest BCUT2D eigenvalue weighted by molar-refractivity contribution is 7.99. The zero-order chi connectivity index (χ0) is 17.5. The first kappa shape index (κ1) is 18.2. The van der Waals surface area contributed by atoms with Crippen LogP contribution >= 0.6 is 11.8 Å². The van der Waals surface area contributed by atoms with Crippen molar-refractivity contribution in [1.82, 2.24) is 15.2 Å². The Bertz CT molecular complexity index is 575. The normalized spacial score (nSPS) is 21.5. The third-order valence-corrected chi connectivity index (χ3v) is 6.40. The Balaban J connectivity index is 1.37. The van der Waals surface area contributed by atoms with Gasteiger partial charge in [-0.05, 0) is 30.5 Å². The monoisotopic (exact) mass is 361 g/mol. The molecule has 2 fully saturated rings. The summed E-state index contributed by atoms with van der Waals surface area (Å²) in [5.41, 5.74) is 1.05. The molecule has 1 aromatic heterocycles. The van der Waals surface area contributed by atoms with E-state index in [1.807, 2.05) is 23.9 Å². The van der Waals surface area contributed by atoms with Gasteiger partial charge in [-0.1, -0.05) is 19.3 Å². The van der Waals surface area contributed by atoms with Crippen molar-refractivity contribution in [1.29, 1.82) is 0 Å². The molecule has 136 valence electrons. The summed E-state index contributed by atoms with van der Waals surface area (Å²) in [5.74, 6) is 0.843. The number of hydrogen-bond donors (Lipinski definition) is 1. The van der Waals surface area contributed by atoms with E-state index < -0.39 is 0 Å². The molecule has 2 aliphatic rings. The van der Waals surface area contributed by atoms with Gasteiger partial charge in [-0.2, -0.15) is 11.8 Å². The van der Waals surface area contributed by atoms with Crippen LogP contribution in [0.2, 0.25) is 0 Å². The van der Waals surface area contributed by atoms with Gasteiger partial charge in [0.15, 0.2) is 0 Å². The fraction of sp³-hybridized carbons (Fsp3) is 0.632. The van der Waals surface area contributed by atoms with Crippen LogP contribution in [0.25, 0.3) is 0 Å². The van der Waals surface area contributed by atoms with Crippen LogP contribution in [0.5, 0.6) is 0 Å². The molecular weight excluding hydrogens is 334 g/mol. The lowest BCUT2D eigenvalue weighted by molar-refractivity contribution is -0.129. The van der Waals surface area contributed by atoms with Crippen molar-refractivity contribution in [3.8, 4) is 0 Å². The summed E-state index contributed by atoms with van der Waals surface area (Å²) >= 11 is 1.99. The van der Waals surface area contributed by atoms with Crippen molar-refractivity contribution in [2.45, 2.75) is 50.3 Å². The number of rotatable bonds is 7. The predicted octanol–water partition coefficient (Wildman–Crippen LogP) is 2.61. The molecule has 1 aliphatic heterocycles. The Kier molecular flexibility index (Phi) is 6.73. The number of nitrogens with one attached hydrogen (secondary N) is 1. The van der Waals surface area contributed by atoms with Gasteiger partial charge in [0.25, 0.3) is 0 Å². The number of carbonyl (C=O) groups is 2. The van der Waals surface area contributed by atoms with Crippen LogP contribution in [-0.2, 0) is 16.1 Å². The van der Waals surface area contributed by atoms with Crippen molar-refractivity contribution in [2.24, 2.45) is 5.92 Å². The molecule has 0 spiro atoms. The van der Waals surface area contributed by atoms with E-state index in [0.29, 0.717) is 26.1 Å². The molecule has 2 heterocycles. The summed E-state index contributed by atoms with van der Waals surface area (Å²) in [6, 6.07) is 3.81. The van der Waals surface area contributed by atoms with Gasteiger partial charge in [-0.15, -0.1) is 0 Å². The number of amides is 2. The van der Waals surface area contributed by atoms with Gasteiger partial charge in [-0.25, -0.2) is 0 Å². The zero-order valence-corrected chi connectivity index (χ0v) is 15.5. The standard InChI is InChI=1S/C19H27N3O2S/c23-18-12-16(14-22(18)13-15-6-8-20-9-7-15)19(24)21-10-11-25-17-4-2-1-3-5-17/h6-9,16-17H,1-5,10-14H2,(H,21,24). The van der Waals surface area contributed by atoms with E-state index in [0.717, 1.165) is 16.6 Å². The van der Waals surface area contributed by atoms with E-state index in [2.05, 4.69) is 10.3 Å². The Labute approximate surface area is 154 Å². The highest BCUT2D eigenvalue weighted by Gasteiger charge is 2.34. The van der Waals surface area contributed by atoms with Gasteiger partial charge < -0.3 is 10.2 Å². The molecule has 5 nitrogen and oxygen atoms in total. The summed E-state index contributed by atoms with van der Waals surface area (Å²) in [6.07, 6.45) is 10.5. The van der Waals surface area contributed by atoms with Crippen molar-refractivity contribution >= 4 is 23.6 Å². The minimum absolute atomic E-state index is 0.0230. The Morgan fingerprint density at radius 3 is 2.76 bits per heavy atom. The molecule has 3 rings (SSSR count). The lowest BCUT2D eigenvalue weighted by Crippen LogP contribution is -2.34. The smallest absolute Gasteiger partial charge is 0.225 e. The molecule has 1 unspecified atom stereocenters. The lowest BCUT2D eigenvalue weighted by Gasteiger charge is -2.21. The maximum atomic E-state index is 12.3. The number of thioether (sulfide) groups is 1. The van der Waals surface area contributed by atoms with Crippen molar-refractivity contribution in [3.05, 3.63) is 30.1 Å². The number of aromatic nitrogens is 1. The van der Waals surface area contributed by atoms with Crippen molar-refractivity contribution < 1.29 is 9.59 Å². The largest absolute Gasteiger partial charge is 0.355 e. The predicted molar refractivity (Wildman–Crippen MR) is 100 cm³/mol. The number of likely N-dealkylation sites (tertiary alicyclic amines) is 1. The fourth-order valence-corrected chi connectivity index (χ4v) is 4.81. The Hall–Kier alpha value is -1.56. The van der Waals surface area contributed by atoms with Crippen LogP contribution in [0.4, 0.5) is 0 Å². The van der Waals surface area contributed by atoms with E-state index in [1.165, 1.54) is 32.1 Å². The molecule has 2 amide bonds. The molecule has 1 aromatic rings. The molecular formula is C19H27N3O2S. The number of carbonyl (C=O) groups excluding carboxylic acids is 2. The summed E-state index contributed by atoms with van der Waals surface area (Å²) in [4.78, 5) is 30.2. The van der Waals surface area contributed by atoms with Crippen molar-refractivity contribution in [2.75, 3.05) is 18.8 Å². The second kappa shape index (κ2) is 9.22. The minimum Gasteiger partial charge on any atom is -0.355 e. The first-order valence-electron chi connectivity index (χ1n) is 9.28. The third-order valence-electron chi connectivity index (χ3n) is 5.02. The summed E-state index contributed by atoms with van der Waals surface area (Å²) in [5, 5.41) is 3.79. The number of nitrogens with zero attached hydrogens (tertiary/aromatic N) is 2. The average molecular weight is 362 g/mol. The van der Waals surface area contributed by atoms with E-state index in [4.69, 9.17) is 0 Å². The highest BCUT2D eigenvalue weighted by atomic mass is 32.2. The van der Waals surface area contributed by atoms with E-state index in [-0.39, 0.29) is 17.7 Å². The van der Waals surface area contributed by atoms with Gasteiger partial charge in [0.2, 0.25) is 11.8 Å². The van der Waals surface area contributed by atoms with Crippen LogP contribution in [-0.4, -0.2) is 45.8 Å². The maximum Gasteiger partial charge on any atom is 0.225 e. The molecule has 0 aromatic carbocycles. The highest BCUT2D eigenvalue weighted by Crippen LogP contribution is 2.27. The van der Waals surface area contributed by atoms with Gasteiger partial charge in [0, 0.05) is 49.5 Å². The first-order valence-corrected chi connectivity index (χ1v) is 10.3. The van der Waals surface area contributed by atoms with E-state index in [1.54, 1.807) is 17.3 Å². The molecule has 1 aliphatic carbocycles. The van der Waals surface area contributed by atoms with Crippen LogP contribution in [0.3, 0.4) is 0 Å². The van der Waals surface area contributed by atoms with Gasteiger partial charge in [-0.3, -0.25) is 14.6 Å². The minimum atomic E-state index is -0.214. The summed E-state index contributed by atoms with van der Waals surface area (Å²) in [7, 11) is 0. The summed E-state index contributed by atoms with van der Waals surface area (Å²) < 4.78 is 0. The average Bonchev–Trinajstić information content (AvgIpc) is 3.01. The van der Waals surface area contributed by atoms with Crippen molar-refractivity contribution in [3.63, 3.8) is 0 Å². The fourth-order valence-electron chi connectivity index (χ4n) is 3.59. The first-order chi connectivity index (χ1) is 12.2. The molecule has 0 radical (unpaired) electrons. The maximum absolute atomic E-state index is 12.3. The molecule has 6 heteroatoms. The zero-order valence-electron chi connectivity index (χ0n) is 14.7. The second-order valence-corrected chi connectivity index (χ2v) is 8.36. The number of pyridine rings is 1. The van der Waals surface area contributed by atoms with Gasteiger partial charge >= 0.3 is 0 Å². The van der Waals surface area contributed by atoms with Gasteiger partial charge in [0.05, 0.1) is 5.92 Å². The Morgan fingerprint density at radius 2 is 2.00 bits per heavy atom. The molecule has 1 atom stereocenters. The molecule has 25 heavy (non-hydrogen) atoms. The molecule has 0 bridgehead atoms. The molecule has 1 saturated carbocycles. The second-order valence-electron chi connectivity index (χ2n) is 6.95. The lowest BCUT2D eigenvalue weighted by atomic mass is 10.0. The topological polar surface area (TPSA) is 62.3 Å². The van der Waals surface area contributed by atoms with Crippen LogP contribution in [0, 0.1) is 5.92 Å². The van der Waals surface area contributed by atoms with Crippen LogP contribution in [0.15, 0.2) is 24.5 Å². The van der Waals surface area contributed by atoms with E-state index >= 15 is 0 Å². The third kappa shape index (κ3) is 5.46. The number of hydrogen-bond acceptors (Lipinski definition) is 4. The quantitative estimate of drug-likeness (QED) is 0.759. The summed E-state index contributed by atoms with van der Waals surface area (Å²) in [6.45, 7) is 1.78.